The number of hydrogen-bond donors (Lipinski definition) is 1. The van der Waals surface area contributed by atoms with Gasteiger partial charge < -0.3 is 47.8 Å². The smallest absolute Gasteiger partial charge is 0.416 e. The predicted molar refractivity (Wildman–Crippen MR) is 249 cm³/mol. The molecular formula is C49H64N4O12Si. The molecule has 66 heavy (non-hydrogen) atoms. The molecule has 0 aromatic heterocycles. The van der Waals surface area contributed by atoms with Gasteiger partial charge in [-0.2, -0.15) is 0 Å². The van der Waals surface area contributed by atoms with Crippen molar-refractivity contribution < 1.29 is 57.1 Å². The third-order valence-electron chi connectivity index (χ3n) is 14.6. The van der Waals surface area contributed by atoms with Crippen molar-refractivity contribution in [1.29, 1.82) is 0 Å². The largest absolute Gasteiger partial charge is 0.493 e. The van der Waals surface area contributed by atoms with Crippen molar-refractivity contribution in [1.82, 2.24) is 9.80 Å². The molecular weight excluding hydrogens is 865 g/mol. The van der Waals surface area contributed by atoms with Gasteiger partial charge in [0.25, 0.3) is 11.8 Å². The predicted octanol–water partition coefficient (Wildman–Crippen LogP) is 8.05. The zero-order chi connectivity index (χ0) is 47.3. The van der Waals surface area contributed by atoms with Gasteiger partial charge in [-0.25, -0.2) is 19.4 Å². The number of anilines is 2. The molecule has 4 heterocycles. The van der Waals surface area contributed by atoms with Crippen molar-refractivity contribution >= 4 is 43.7 Å². The van der Waals surface area contributed by atoms with Crippen LogP contribution in [0.4, 0.5) is 21.0 Å². The van der Waals surface area contributed by atoms with E-state index in [9.17, 15) is 24.3 Å². The molecule has 4 aliphatic heterocycles. The molecule has 0 bridgehead atoms. The Morgan fingerprint density at radius 1 is 0.742 bits per heavy atom. The first kappa shape index (κ1) is 47.0. The van der Waals surface area contributed by atoms with Crippen LogP contribution < -0.4 is 28.7 Å². The lowest BCUT2D eigenvalue weighted by molar-refractivity contribution is 0.0496. The van der Waals surface area contributed by atoms with E-state index in [1.54, 1.807) is 29.2 Å². The standard InChI is InChI=1S/C49H64N4O12Si/c1-10-19-63-45(57)52-33-25-39(37(59-6)23-31(33)41(54)50-29-48(15-16-48)27-35(50)43(52)56)61-21-13-12-14-22-62-40-26-34-32(24-38(40)60-7)42(55)51-30-49(17-18-49)28-36(51)44(53(34)46(58)64-20-11-2)65-66(8,9)47(3,4)5/h10-13,23-26,35-36,43-44,56H,1-2,14-22,27-30H2,3-9H3/b13-12+/t35-,36-,43-,44-/m0/s1. The van der Waals surface area contributed by atoms with Gasteiger partial charge in [0.1, 0.15) is 19.8 Å². The summed E-state index contributed by atoms with van der Waals surface area (Å²) < 4.78 is 42.2. The first-order valence-electron chi connectivity index (χ1n) is 22.9. The van der Waals surface area contributed by atoms with Crippen LogP contribution in [0.25, 0.3) is 0 Å². The van der Waals surface area contributed by atoms with Crippen LogP contribution in [0.2, 0.25) is 18.1 Å². The number of ether oxygens (including phenoxy) is 6. The Morgan fingerprint density at radius 3 is 1.76 bits per heavy atom. The second-order valence-corrected chi connectivity index (χ2v) is 24.8. The lowest BCUT2D eigenvalue weighted by Crippen LogP contribution is -2.58. The highest BCUT2D eigenvalue weighted by atomic mass is 28.4. The van der Waals surface area contributed by atoms with E-state index in [1.165, 1.54) is 37.3 Å². The summed E-state index contributed by atoms with van der Waals surface area (Å²) in [4.78, 5) is 62.5. The number of benzene rings is 2. The first-order valence-corrected chi connectivity index (χ1v) is 25.8. The minimum atomic E-state index is -2.53. The number of hydrogen-bond acceptors (Lipinski definition) is 12. The fraction of sp³-hybridized carbons (Fsp3) is 0.551. The summed E-state index contributed by atoms with van der Waals surface area (Å²) in [5.41, 5.74) is 0.956. The lowest BCUT2D eigenvalue weighted by Gasteiger charge is -2.44. The third kappa shape index (κ3) is 8.76. The Morgan fingerprint density at radius 2 is 1.24 bits per heavy atom. The molecule has 2 saturated heterocycles. The van der Waals surface area contributed by atoms with Gasteiger partial charge in [0, 0.05) is 25.2 Å². The summed E-state index contributed by atoms with van der Waals surface area (Å²) in [6, 6.07) is 5.40. The number of nitrogens with zero attached hydrogens (tertiary/aromatic N) is 4. The number of methoxy groups -OCH3 is 2. The maximum absolute atomic E-state index is 14.6. The van der Waals surface area contributed by atoms with Crippen molar-refractivity contribution in [3.05, 3.63) is 72.9 Å². The molecule has 1 N–H and O–H groups in total. The zero-order valence-corrected chi connectivity index (χ0v) is 40.3. The molecule has 0 unspecified atom stereocenters. The van der Waals surface area contributed by atoms with E-state index in [4.69, 9.17) is 32.8 Å². The number of amides is 4. The second kappa shape index (κ2) is 17.9. The van der Waals surface area contributed by atoms with E-state index in [1.807, 2.05) is 11.0 Å². The highest BCUT2D eigenvalue weighted by molar-refractivity contribution is 6.74. The molecule has 17 heteroatoms. The molecule has 2 aromatic carbocycles. The Kier molecular flexibility index (Phi) is 12.8. The Hall–Kier alpha value is -5.52. The summed E-state index contributed by atoms with van der Waals surface area (Å²) in [5, 5.41) is 11.5. The van der Waals surface area contributed by atoms with Crippen LogP contribution in [-0.2, 0) is 13.9 Å². The normalized spacial score (nSPS) is 23.4. The van der Waals surface area contributed by atoms with Crippen molar-refractivity contribution in [3.8, 4) is 23.0 Å². The van der Waals surface area contributed by atoms with Crippen LogP contribution in [-0.4, -0.2) is 126 Å². The molecule has 2 aromatic rings. The molecule has 2 aliphatic carbocycles. The van der Waals surface area contributed by atoms with Gasteiger partial charge in [-0.15, -0.1) is 0 Å². The summed E-state index contributed by atoms with van der Waals surface area (Å²) in [7, 11) is 0.447. The maximum Gasteiger partial charge on any atom is 0.416 e. The summed E-state index contributed by atoms with van der Waals surface area (Å²) >= 11 is 0. The molecule has 6 aliphatic rings. The Labute approximate surface area is 388 Å². The fourth-order valence-corrected chi connectivity index (χ4v) is 10.8. The van der Waals surface area contributed by atoms with E-state index < -0.39 is 39.0 Å². The quantitative estimate of drug-likeness (QED) is 0.104. The Balaban J connectivity index is 1.01. The molecule has 2 spiro atoms. The number of carbonyl (C=O) groups excluding carboxylic acids is 4. The number of aliphatic hydroxyl groups is 1. The zero-order valence-electron chi connectivity index (χ0n) is 39.3. The van der Waals surface area contributed by atoms with E-state index in [0.717, 1.165) is 37.0 Å². The van der Waals surface area contributed by atoms with E-state index >= 15 is 0 Å². The number of fused-ring (bicyclic) bond motifs is 4. The number of carbonyl (C=O) groups is 4. The van der Waals surface area contributed by atoms with Crippen molar-refractivity contribution in [3.63, 3.8) is 0 Å². The lowest BCUT2D eigenvalue weighted by atomic mass is 10.0. The molecule has 4 amide bonds. The molecule has 356 valence electrons. The van der Waals surface area contributed by atoms with Gasteiger partial charge in [0.05, 0.1) is 55.4 Å². The van der Waals surface area contributed by atoms with Crippen molar-refractivity contribution in [2.75, 3.05) is 63.5 Å². The summed E-state index contributed by atoms with van der Waals surface area (Å²) in [6.45, 7) is 19.4. The number of aliphatic hydroxyl groups excluding tert-OH is 1. The molecule has 2 saturated carbocycles. The van der Waals surface area contributed by atoms with E-state index in [-0.39, 0.29) is 82.9 Å². The second-order valence-electron chi connectivity index (χ2n) is 20.0. The molecule has 0 radical (unpaired) electrons. The van der Waals surface area contributed by atoms with Gasteiger partial charge >= 0.3 is 12.2 Å². The van der Waals surface area contributed by atoms with E-state index in [0.29, 0.717) is 48.7 Å². The average molecular weight is 929 g/mol. The maximum atomic E-state index is 14.6. The summed E-state index contributed by atoms with van der Waals surface area (Å²) in [6.07, 6.45) is 8.73. The van der Waals surface area contributed by atoms with Crippen LogP contribution in [0.15, 0.2) is 61.7 Å². The average Bonchev–Trinajstić information content (AvgIpc) is 4.16. The minimum Gasteiger partial charge on any atom is -0.493 e. The fourth-order valence-electron chi connectivity index (χ4n) is 9.53. The van der Waals surface area contributed by atoms with Gasteiger partial charge in [-0.3, -0.25) is 9.59 Å². The first-order chi connectivity index (χ1) is 31.4. The van der Waals surface area contributed by atoms with E-state index in [2.05, 4.69) is 47.0 Å². The van der Waals surface area contributed by atoms with Gasteiger partial charge in [0.2, 0.25) is 0 Å². The van der Waals surface area contributed by atoms with Gasteiger partial charge in [-0.05, 0) is 86.0 Å². The molecule has 4 fully saturated rings. The minimum absolute atomic E-state index is 0.0187. The van der Waals surface area contributed by atoms with Gasteiger partial charge in [-0.1, -0.05) is 58.2 Å². The van der Waals surface area contributed by atoms with Crippen LogP contribution in [0.3, 0.4) is 0 Å². The molecule has 4 atom stereocenters. The van der Waals surface area contributed by atoms with Crippen LogP contribution >= 0.6 is 0 Å². The monoisotopic (exact) mass is 928 g/mol. The molecule has 16 nitrogen and oxygen atoms in total. The van der Waals surface area contributed by atoms with Crippen LogP contribution in [0.5, 0.6) is 23.0 Å². The highest BCUT2D eigenvalue weighted by Crippen LogP contribution is 2.59. The Bertz CT molecular complexity index is 2300. The van der Waals surface area contributed by atoms with Crippen LogP contribution in [0, 0.1) is 10.8 Å². The van der Waals surface area contributed by atoms with Gasteiger partial charge in [0.15, 0.2) is 43.8 Å². The van der Waals surface area contributed by atoms with Crippen molar-refractivity contribution in [2.24, 2.45) is 10.8 Å². The third-order valence-corrected chi connectivity index (χ3v) is 19.0. The SMILES string of the molecule is C=CCOC(=O)N1c2cc(OC/C=C/CCOc3cc4c(cc3OC)C(=O)N3CC5(CC5)C[C@H]3[C@H](O[Si](C)(C)C(C)(C)C)N4C(=O)OCC=C)c(OC)cc2C(=O)N2CC3(CC3)C[C@H]2[C@@H]1O. The van der Waals surface area contributed by atoms with Crippen LogP contribution in [0.1, 0.15) is 86.4 Å². The molecule has 8 rings (SSSR count). The highest BCUT2D eigenvalue weighted by Gasteiger charge is 2.60. The summed E-state index contributed by atoms with van der Waals surface area (Å²) in [5.74, 6) is 0.706. The van der Waals surface area contributed by atoms with Crippen molar-refractivity contribution in [2.45, 2.75) is 108 Å². The topological polar surface area (TPSA) is 166 Å². The number of rotatable bonds is 15.